The molecular formula is C47H74NO9P. The van der Waals surface area contributed by atoms with E-state index in [4.69, 9.17) is 24.3 Å². The minimum Gasteiger partial charge on any atom is -0.462 e. The van der Waals surface area contributed by atoms with Crippen molar-refractivity contribution in [3.63, 3.8) is 0 Å². The number of phosphoric acid groups is 1. The molecule has 0 bridgehead atoms. The Morgan fingerprint density at radius 1 is 0.621 bits per heavy atom. The number of aliphatic hydroxyl groups is 1. The third-order valence-corrected chi connectivity index (χ3v) is 8.91. The summed E-state index contributed by atoms with van der Waals surface area (Å²) in [6.07, 6.45) is 52.7. The second-order valence-corrected chi connectivity index (χ2v) is 14.8. The van der Waals surface area contributed by atoms with Gasteiger partial charge in [0.25, 0.3) is 0 Å². The standard InChI is InChI=1S/C47H74NO9P/c1-3-5-7-9-11-13-14-15-16-17-18-19-20-21-22-24-26-30-35-39-47(51)57-45(43-56-58(52,53)55-41-40-48)42-54-46(50)38-34-31-27-29-33-37-44(49)36-32-28-25-23-12-10-8-6-4-2/h5,7,11-13,15-16,18-19,21-23,26-30,32-33,37,44-45,49H,3-4,6,8-10,14,17,20,24-25,31,34-36,38-43,48H2,1-2H3,(H,52,53)/b7-5-,13-11-,16-15-,19-18-,22-21-,23-12-,29-27+,30-26-,32-28-,37-33-/t44?,45-/m1/s1. The van der Waals surface area contributed by atoms with E-state index in [9.17, 15) is 24.2 Å². The Kier molecular flexibility index (Phi) is 38.9. The molecule has 11 heteroatoms. The number of aliphatic hydroxyl groups excluding tert-OH is 1. The van der Waals surface area contributed by atoms with Crippen LogP contribution in [0.5, 0.6) is 0 Å². The molecule has 10 nitrogen and oxygen atoms in total. The molecule has 0 aromatic rings. The van der Waals surface area contributed by atoms with Gasteiger partial charge in [0.05, 0.1) is 19.3 Å². The largest absolute Gasteiger partial charge is 0.472 e. The Bertz CT molecular complexity index is 1370. The third kappa shape index (κ3) is 40.6. The number of rotatable bonds is 37. The van der Waals surface area contributed by atoms with E-state index in [2.05, 4.69) is 92.8 Å². The van der Waals surface area contributed by atoms with E-state index in [-0.39, 0.29) is 32.6 Å². The molecule has 2 unspecified atom stereocenters. The maximum Gasteiger partial charge on any atom is 0.472 e. The van der Waals surface area contributed by atoms with Gasteiger partial charge >= 0.3 is 19.8 Å². The number of hydrogen-bond acceptors (Lipinski definition) is 9. The highest BCUT2D eigenvalue weighted by atomic mass is 31.2. The van der Waals surface area contributed by atoms with Crippen LogP contribution in [0, 0.1) is 0 Å². The van der Waals surface area contributed by atoms with Crippen LogP contribution in [-0.4, -0.2) is 60.5 Å². The maximum atomic E-state index is 12.5. The first-order chi connectivity index (χ1) is 28.2. The van der Waals surface area contributed by atoms with Gasteiger partial charge in [0.15, 0.2) is 6.10 Å². The van der Waals surface area contributed by atoms with Crippen molar-refractivity contribution in [3.05, 3.63) is 122 Å². The molecule has 0 radical (unpaired) electrons. The van der Waals surface area contributed by atoms with Crippen LogP contribution in [0.15, 0.2) is 122 Å². The summed E-state index contributed by atoms with van der Waals surface area (Å²) in [5.74, 6) is -1.07. The molecule has 0 amide bonds. The summed E-state index contributed by atoms with van der Waals surface area (Å²) < 4.78 is 32.5. The molecule has 4 N–H and O–H groups in total. The molecule has 0 aliphatic rings. The molecule has 3 atom stereocenters. The molecule has 0 fully saturated rings. The second-order valence-electron chi connectivity index (χ2n) is 13.3. The number of ether oxygens (including phenoxy) is 2. The van der Waals surface area contributed by atoms with Gasteiger partial charge in [-0.3, -0.25) is 18.6 Å². The van der Waals surface area contributed by atoms with E-state index < -0.39 is 38.6 Å². The first kappa shape index (κ1) is 54.4. The van der Waals surface area contributed by atoms with Crippen LogP contribution in [0.25, 0.3) is 0 Å². The van der Waals surface area contributed by atoms with Crippen LogP contribution >= 0.6 is 7.82 Å². The zero-order chi connectivity index (χ0) is 42.6. The Labute approximate surface area is 350 Å². The summed E-state index contributed by atoms with van der Waals surface area (Å²) in [7, 11) is -4.44. The van der Waals surface area contributed by atoms with Crippen molar-refractivity contribution in [3.8, 4) is 0 Å². The van der Waals surface area contributed by atoms with Crippen LogP contribution < -0.4 is 5.73 Å². The molecule has 0 aromatic carbocycles. The number of esters is 2. The SMILES string of the molecule is CC/C=C\C/C=C\C/C=C\C/C=C\C/C=C\C/C=C\CCC(=O)O[C@H](COC(=O)CCC/C=C/C=C\C(O)C/C=C\C/C=C\CCCCC)COP(=O)(O)OCCN. The van der Waals surface area contributed by atoms with Crippen molar-refractivity contribution in [2.75, 3.05) is 26.4 Å². The number of carbonyl (C=O) groups is 2. The van der Waals surface area contributed by atoms with Gasteiger partial charge in [-0.1, -0.05) is 148 Å². The molecule has 0 heterocycles. The monoisotopic (exact) mass is 828 g/mol. The molecule has 0 saturated heterocycles. The highest BCUT2D eigenvalue weighted by Crippen LogP contribution is 2.43. The normalized spacial score (nSPS) is 15.1. The average Bonchev–Trinajstić information content (AvgIpc) is 3.21. The highest BCUT2D eigenvalue weighted by molar-refractivity contribution is 7.47. The molecule has 0 aliphatic carbocycles. The lowest BCUT2D eigenvalue weighted by atomic mass is 10.2. The highest BCUT2D eigenvalue weighted by Gasteiger charge is 2.25. The van der Waals surface area contributed by atoms with Crippen molar-refractivity contribution in [2.45, 2.75) is 135 Å². The van der Waals surface area contributed by atoms with Crippen molar-refractivity contribution in [2.24, 2.45) is 5.73 Å². The fraction of sp³-hybridized carbons (Fsp3) is 0.532. The number of hydrogen-bond donors (Lipinski definition) is 3. The Morgan fingerprint density at radius 2 is 1.17 bits per heavy atom. The van der Waals surface area contributed by atoms with E-state index in [1.165, 1.54) is 19.3 Å². The van der Waals surface area contributed by atoms with Crippen LogP contribution in [-0.2, 0) is 32.7 Å². The van der Waals surface area contributed by atoms with Gasteiger partial charge in [-0.05, 0) is 83.5 Å². The molecule has 58 heavy (non-hydrogen) atoms. The van der Waals surface area contributed by atoms with Crippen molar-refractivity contribution >= 4 is 19.8 Å². The zero-order valence-corrected chi connectivity index (χ0v) is 36.2. The van der Waals surface area contributed by atoms with E-state index in [0.717, 1.165) is 51.4 Å². The lowest BCUT2D eigenvalue weighted by molar-refractivity contribution is -0.161. The second kappa shape index (κ2) is 41.5. The fourth-order valence-electron chi connectivity index (χ4n) is 4.79. The lowest BCUT2D eigenvalue weighted by Gasteiger charge is -2.19. The van der Waals surface area contributed by atoms with E-state index in [0.29, 0.717) is 25.7 Å². The van der Waals surface area contributed by atoms with E-state index in [1.807, 2.05) is 30.4 Å². The summed E-state index contributed by atoms with van der Waals surface area (Å²) in [5.41, 5.74) is 5.33. The minimum atomic E-state index is -4.44. The summed E-state index contributed by atoms with van der Waals surface area (Å²) in [4.78, 5) is 34.8. The molecule has 0 rings (SSSR count). The molecule has 326 valence electrons. The molecular weight excluding hydrogens is 753 g/mol. The predicted molar refractivity (Wildman–Crippen MR) is 239 cm³/mol. The Morgan fingerprint density at radius 3 is 1.76 bits per heavy atom. The number of phosphoric ester groups is 1. The molecule has 0 aromatic heterocycles. The quantitative estimate of drug-likeness (QED) is 0.0181. The average molecular weight is 828 g/mol. The van der Waals surface area contributed by atoms with E-state index >= 15 is 0 Å². The third-order valence-electron chi connectivity index (χ3n) is 7.93. The van der Waals surface area contributed by atoms with Crippen LogP contribution in [0.4, 0.5) is 0 Å². The molecule has 0 spiro atoms. The summed E-state index contributed by atoms with van der Waals surface area (Å²) >= 11 is 0. The topological polar surface area (TPSA) is 155 Å². The van der Waals surface area contributed by atoms with Gasteiger partial charge < -0.3 is 25.2 Å². The zero-order valence-electron chi connectivity index (χ0n) is 35.3. The summed E-state index contributed by atoms with van der Waals surface area (Å²) in [5, 5.41) is 10.1. The van der Waals surface area contributed by atoms with Gasteiger partial charge in [0.2, 0.25) is 0 Å². The number of unbranched alkanes of at least 4 members (excludes halogenated alkanes) is 4. The Balaban J connectivity index is 4.51. The number of allylic oxidation sites excluding steroid dienone is 18. The van der Waals surface area contributed by atoms with Crippen molar-refractivity contribution in [1.29, 1.82) is 0 Å². The summed E-state index contributed by atoms with van der Waals surface area (Å²) in [6, 6.07) is 0. The molecule has 0 aliphatic heterocycles. The van der Waals surface area contributed by atoms with Crippen LogP contribution in [0.2, 0.25) is 0 Å². The maximum absolute atomic E-state index is 12.5. The predicted octanol–water partition coefficient (Wildman–Crippen LogP) is 11.1. The van der Waals surface area contributed by atoms with Crippen LogP contribution in [0.3, 0.4) is 0 Å². The lowest BCUT2D eigenvalue weighted by Crippen LogP contribution is -2.29. The van der Waals surface area contributed by atoms with Crippen molar-refractivity contribution < 1.29 is 42.7 Å². The number of nitrogens with two attached hydrogens (primary N) is 1. The van der Waals surface area contributed by atoms with E-state index in [1.54, 1.807) is 12.2 Å². The first-order valence-electron chi connectivity index (χ1n) is 21.1. The van der Waals surface area contributed by atoms with Crippen LogP contribution in [0.1, 0.15) is 123 Å². The smallest absolute Gasteiger partial charge is 0.462 e. The minimum absolute atomic E-state index is 0.0150. The van der Waals surface area contributed by atoms with Gasteiger partial charge in [0, 0.05) is 19.4 Å². The van der Waals surface area contributed by atoms with Crippen molar-refractivity contribution in [1.82, 2.24) is 0 Å². The first-order valence-corrected chi connectivity index (χ1v) is 22.6. The van der Waals surface area contributed by atoms with Gasteiger partial charge in [-0.25, -0.2) is 4.57 Å². The Hall–Kier alpha value is -3.63. The molecule has 0 saturated carbocycles. The fourth-order valence-corrected chi connectivity index (χ4v) is 5.55. The van der Waals surface area contributed by atoms with Gasteiger partial charge in [-0.2, -0.15) is 0 Å². The van der Waals surface area contributed by atoms with Gasteiger partial charge in [-0.15, -0.1) is 0 Å². The summed E-state index contributed by atoms with van der Waals surface area (Å²) in [6.45, 7) is 3.29. The number of carbonyl (C=O) groups excluding carboxylic acids is 2. The van der Waals surface area contributed by atoms with Gasteiger partial charge in [0.1, 0.15) is 6.61 Å².